The van der Waals surface area contributed by atoms with Crippen molar-refractivity contribution in [3.05, 3.63) is 0 Å². The largest absolute Gasteiger partial charge is 0.481 e. The molecule has 0 aromatic heterocycles. The average molecular weight is 226 g/mol. The molecule has 0 aliphatic heterocycles. The van der Waals surface area contributed by atoms with E-state index in [1.165, 1.54) is 0 Å². The van der Waals surface area contributed by atoms with Crippen molar-refractivity contribution < 1.29 is 19.4 Å². The summed E-state index contributed by atoms with van der Waals surface area (Å²) in [4.78, 5) is 22.6. The van der Waals surface area contributed by atoms with Crippen LogP contribution in [0.4, 0.5) is 0 Å². The van der Waals surface area contributed by atoms with Gasteiger partial charge in [-0.2, -0.15) is 0 Å². The van der Waals surface area contributed by atoms with Crippen molar-refractivity contribution in [2.75, 3.05) is 0 Å². The van der Waals surface area contributed by atoms with Crippen LogP contribution in [0, 0.1) is 23.7 Å². The first-order valence-corrected chi connectivity index (χ1v) is 5.94. The molecule has 4 nitrogen and oxygen atoms in total. The summed E-state index contributed by atoms with van der Waals surface area (Å²) in [6, 6.07) is 0. The molecule has 0 radical (unpaired) electrons. The number of esters is 1. The summed E-state index contributed by atoms with van der Waals surface area (Å²) in [6.07, 6.45) is 2.43. The Hall–Kier alpha value is -1.06. The fraction of sp³-hybridized carbons (Fsp3) is 0.833. The minimum absolute atomic E-state index is 0.0465. The van der Waals surface area contributed by atoms with E-state index >= 15 is 0 Å². The zero-order valence-electron chi connectivity index (χ0n) is 9.68. The number of fused-ring (bicyclic) bond motifs is 2. The van der Waals surface area contributed by atoms with Gasteiger partial charge in [0.2, 0.25) is 0 Å². The molecule has 2 bridgehead atoms. The van der Waals surface area contributed by atoms with Gasteiger partial charge in [-0.25, -0.2) is 0 Å². The van der Waals surface area contributed by atoms with Crippen molar-refractivity contribution in [2.45, 2.75) is 39.2 Å². The zero-order valence-corrected chi connectivity index (χ0v) is 9.68. The maximum Gasteiger partial charge on any atom is 0.308 e. The summed E-state index contributed by atoms with van der Waals surface area (Å²) in [5.74, 6) is -1.10. The number of carboxylic acids is 1. The van der Waals surface area contributed by atoms with Crippen molar-refractivity contribution in [3.8, 4) is 0 Å². The lowest BCUT2D eigenvalue weighted by Gasteiger charge is -2.22. The predicted octanol–water partition coefficient (Wildman–Crippen LogP) is 1.68. The molecule has 4 unspecified atom stereocenters. The maximum absolute atomic E-state index is 11.5. The van der Waals surface area contributed by atoms with Gasteiger partial charge in [0, 0.05) is 5.92 Å². The predicted molar refractivity (Wildman–Crippen MR) is 56.7 cm³/mol. The Morgan fingerprint density at radius 3 is 2.50 bits per heavy atom. The Labute approximate surface area is 95.0 Å². The van der Waals surface area contributed by atoms with Gasteiger partial charge in [-0.05, 0) is 25.2 Å². The highest BCUT2D eigenvalue weighted by Crippen LogP contribution is 2.50. The standard InChI is InChI=1S/C12H18O4/c1-6(2)12(15)16-9-5-7-3-4-8(9)10(7)11(13)14/h6-10H,3-5H2,1-2H3,(H,13,14). The van der Waals surface area contributed by atoms with Crippen LogP contribution >= 0.6 is 0 Å². The van der Waals surface area contributed by atoms with Crippen LogP contribution in [0.5, 0.6) is 0 Å². The molecular formula is C12H18O4. The number of ether oxygens (including phenoxy) is 1. The Morgan fingerprint density at radius 1 is 1.31 bits per heavy atom. The third kappa shape index (κ3) is 1.81. The van der Waals surface area contributed by atoms with Crippen molar-refractivity contribution >= 4 is 11.9 Å². The number of aliphatic carboxylic acids is 1. The van der Waals surface area contributed by atoms with Crippen LogP contribution in [0.2, 0.25) is 0 Å². The summed E-state index contributed by atoms with van der Waals surface area (Å²) in [7, 11) is 0. The quantitative estimate of drug-likeness (QED) is 0.744. The fourth-order valence-corrected chi connectivity index (χ4v) is 3.08. The summed E-state index contributed by atoms with van der Waals surface area (Å²) in [5.41, 5.74) is 0. The smallest absolute Gasteiger partial charge is 0.308 e. The molecule has 1 N–H and O–H groups in total. The summed E-state index contributed by atoms with van der Waals surface area (Å²) >= 11 is 0. The molecule has 2 saturated carbocycles. The van der Waals surface area contributed by atoms with Crippen LogP contribution in [0.25, 0.3) is 0 Å². The van der Waals surface area contributed by atoms with E-state index < -0.39 is 5.97 Å². The van der Waals surface area contributed by atoms with Crippen LogP contribution in [0.15, 0.2) is 0 Å². The first-order chi connectivity index (χ1) is 7.50. The van der Waals surface area contributed by atoms with Crippen molar-refractivity contribution in [1.82, 2.24) is 0 Å². The average Bonchev–Trinajstić information content (AvgIpc) is 2.73. The third-order valence-corrected chi connectivity index (χ3v) is 3.88. The summed E-state index contributed by atoms with van der Waals surface area (Å²) < 4.78 is 5.38. The Morgan fingerprint density at radius 2 is 2.00 bits per heavy atom. The molecule has 0 aromatic rings. The molecule has 0 amide bonds. The van der Waals surface area contributed by atoms with Gasteiger partial charge in [-0.1, -0.05) is 13.8 Å². The molecule has 0 spiro atoms. The molecule has 2 aliphatic rings. The molecule has 90 valence electrons. The highest BCUT2D eigenvalue weighted by molar-refractivity contribution is 5.73. The topological polar surface area (TPSA) is 63.6 Å². The van der Waals surface area contributed by atoms with Crippen LogP contribution in [-0.4, -0.2) is 23.1 Å². The zero-order chi connectivity index (χ0) is 11.9. The molecule has 4 atom stereocenters. The van der Waals surface area contributed by atoms with Crippen LogP contribution in [0.3, 0.4) is 0 Å². The van der Waals surface area contributed by atoms with Crippen molar-refractivity contribution in [2.24, 2.45) is 23.7 Å². The molecule has 0 heterocycles. The Kier molecular flexibility index (Phi) is 2.91. The SMILES string of the molecule is CC(C)C(=O)OC1CC2CCC1C2C(=O)O. The van der Waals surface area contributed by atoms with Gasteiger partial charge in [0.05, 0.1) is 11.8 Å². The second-order valence-electron chi connectivity index (χ2n) is 5.23. The van der Waals surface area contributed by atoms with E-state index in [2.05, 4.69) is 0 Å². The van der Waals surface area contributed by atoms with E-state index in [4.69, 9.17) is 9.84 Å². The van der Waals surface area contributed by atoms with Crippen LogP contribution in [-0.2, 0) is 14.3 Å². The number of hydrogen-bond donors (Lipinski definition) is 1. The summed E-state index contributed by atoms with van der Waals surface area (Å²) in [6.45, 7) is 3.59. The number of carboxylic acid groups (broad SMARTS) is 1. The number of hydrogen-bond acceptors (Lipinski definition) is 3. The first-order valence-electron chi connectivity index (χ1n) is 5.94. The van der Waals surface area contributed by atoms with E-state index in [1.54, 1.807) is 13.8 Å². The summed E-state index contributed by atoms with van der Waals surface area (Å²) in [5, 5.41) is 9.11. The lowest BCUT2D eigenvalue weighted by atomic mass is 9.97. The van der Waals surface area contributed by atoms with Gasteiger partial charge in [0.15, 0.2) is 0 Å². The van der Waals surface area contributed by atoms with Crippen LogP contribution < -0.4 is 0 Å². The normalized spacial score (nSPS) is 36.7. The molecular weight excluding hydrogens is 208 g/mol. The van der Waals surface area contributed by atoms with E-state index in [9.17, 15) is 9.59 Å². The number of carbonyl (C=O) groups excluding carboxylic acids is 1. The van der Waals surface area contributed by atoms with Gasteiger partial charge < -0.3 is 9.84 Å². The van der Waals surface area contributed by atoms with Gasteiger partial charge >= 0.3 is 11.9 Å². The molecule has 2 aliphatic carbocycles. The molecule has 2 fully saturated rings. The monoisotopic (exact) mass is 226 g/mol. The second kappa shape index (κ2) is 4.07. The molecule has 0 saturated heterocycles. The Bertz CT molecular complexity index is 310. The highest BCUT2D eigenvalue weighted by atomic mass is 16.5. The van der Waals surface area contributed by atoms with Crippen molar-refractivity contribution in [3.63, 3.8) is 0 Å². The third-order valence-electron chi connectivity index (χ3n) is 3.88. The molecule has 4 heteroatoms. The van der Waals surface area contributed by atoms with E-state index in [-0.39, 0.29) is 35.7 Å². The van der Waals surface area contributed by atoms with Crippen LogP contribution in [0.1, 0.15) is 33.1 Å². The molecule has 0 aromatic carbocycles. The lowest BCUT2D eigenvalue weighted by Crippen LogP contribution is -2.28. The number of rotatable bonds is 3. The first kappa shape index (κ1) is 11.4. The van der Waals surface area contributed by atoms with Gasteiger partial charge in [0.1, 0.15) is 6.10 Å². The highest BCUT2D eigenvalue weighted by Gasteiger charge is 2.53. The lowest BCUT2D eigenvalue weighted by molar-refractivity contribution is -0.157. The fourth-order valence-electron chi connectivity index (χ4n) is 3.08. The van der Waals surface area contributed by atoms with Gasteiger partial charge in [-0.15, -0.1) is 0 Å². The van der Waals surface area contributed by atoms with Gasteiger partial charge in [0.25, 0.3) is 0 Å². The van der Waals surface area contributed by atoms with Gasteiger partial charge in [-0.3, -0.25) is 9.59 Å². The van der Waals surface area contributed by atoms with E-state index in [0.717, 1.165) is 19.3 Å². The molecule has 16 heavy (non-hydrogen) atoms. The minimum Gasteiger partial charge on any atom is -0.481 e. The van der Waals surface area contributed by atoms with E-state index in [1.807, 2.05) is 0 Å². The minimum atomic E-state index is -0.726. The molecule has 2 rings (SSSR count). The van der Waals surface area contributed by atoms with Crippen molar-refractivity contribution in [1.29, 1.82) is 0 Å². The van der Waals surface area contributed by atoms with E-state index in [0.29, 0.717) is 0 Å². The maximum atomic E-state index is 11.5. The number of carbonyl (C=O) groups is 2. The Balaban J connectivity index is 2.00. The second-order valence-corrected chi connectivity index (χ2v) is 5.23.